The van der Waals surface area contributed by atoms with Crippen LogP contribution in [0.4, 0.5) is 0 Å². The number of aliphatic hydroxyl groups excluding tert-OH is 1. The van der Waals surface area contributed by atoms with Crippen molar-refractivity contribution in [2.75, 3.05) is 7.05 Å². The Morgan fingerprint density at radius 1 is 1.55 bits per heavy atom. The first-order valence-corrected chi connectivity index (χ1v) is 4.01. The lowest BCUT2D eigenvalue weighted by atomic mass is 10.2. The van der Waals surface area contributed by atoms with Gasteiger partial charge in [0.2, 0.25) is 0 Å². The predicted molar refractivity (Wildman–Crippen MR) is 43.6 cm³/mol. The molecule has 0 saturated carbocycles. The number of hydrogen-bond acceptors (Lipinski definition) is 2. The van der Waals surface area contributed by atoms with Crippen LogP contribution in [0.15, 0.2) is 0 Å². The molecular weight excluding hydrogens is 142 g/mol. The maximum absolute atomic E-state index is 10.0. The molecule has 0 saturated heterocycles. The van der Waals surface area contributed by atoms with Gasteiger partial charge in [-0.25, -0.2) is 0 Å². The maximum Gasteiger partial charge on any atom is 0.313 e. The topological polar surface area (TPSA) is 40.5 Å². The summed E-state index contributed by atoms with van der Waals surface area (Å²) in [5, 5.41) is 9.21. The Bertz CT molecular complexity index is 106. The second-order valence-electron chi connectivity index (χ2n) is 2.68. The van der Waals surface area contributed by atoms with Gasteiger partial charge in [-0.15, -0.1) is 0 Å². The smallest absolute Gasteiger partial charge is 0.313 e. The molecule has 1 atom stereocenters. The van der Waals surface area contributed by atoms with Crippen LogP contribution in [0.3, 0.4) is 0 Å². The lowest BCUT2D eigenvalue weighted by molar-refractivity contribution is 0.0573. The Hall–Kier alpha value is -0.570. The fourth-order valence-electron chi connectivity index (χ4n) is 0.831. The van der Waals surface area contributed by atoms with Crippen LogP contribution in [0.1, 0.15) is 32.6 Å². The second kappa shape index (κ2) is 6.16. The summed E-state index contributed by atoms with van der Waals surface area (Å²) < 4.78 is 0. The van der Waals surface area contributed by atoms with Gasteiger partial charge in [0.15, 0.2) is 0 Å². The van der Waals surface area contributed by atoms with Crippen molar-refractivity contribution < 1.29 is 9.90 Å². The third-order valence-electron chi connectivity index (χ3n) is 1.66. The highest BCUT2D eigenvalue weighted by atomic mass is 16.3. The molecule has 1 unspecified atom stereocenters. The average molecular weight is 158 g/mol. The quantitative estimate of drug-likeness (QED) is 0.354. The molecule has 0 bridgehead atoms. The highest BCUT2D eigenvalue weighted by Crippen LogP contribution is 2.04. The van der Waals surface area contributed by atoms with E-state index in [9.17, 15) is 9.90 Å². The van der Waals surface area contributed by atoms with Crippen LogP contribution in [-0.4, -0.2) is 29.7 Å². The highest BCUT2D eigenvalue weighted by Gasteiger charge is 2.07. The molecule has 0 aromatic rings. The fourth-order valence-corrected chi connectivity index (χ4v) is 0.831. The SMILES string of the molecule is CCCCCC(O)N(C)[C]=O. The number of hydrogen-bond donors (Lipinski definition) is 1. The van der Waals surface area contributed by atoms with Crippen LogP contribution in [0, 0.1) is 0 Å². The molecule has 3 heteroatoms. The molecule has 0 aliphatic rings. The van der Waals surface area contributed by atoms with Gasteiger partial charge in [-0.3, -0.25) is 4.79 Å². The molecule has 1 amide bonds. The average Bonchev–Trinajstić information content (AvgIpc) is 2.03. The summed E-state index contributed by atoms with van der Waals surface area (Å²) in [5.74, 6) is 0. The molecule has 11 heavy (non-hydrogen) atoms. The zero-order valence-electron chi connectivity index (χ0n) is 7.21. The summed E-state index contributed by atoms with van der Waals surface area (Å²) in [6.45, 7) is 2.10. The zero-order valence-corrected chi connectivity index (χ0v) is 7.21. The van der Waals surface area contributed by atoms with Gasteiger partial charge in [0.1, 0.15) is 6.23 Å². The predicted octanol–water partition coefficient (Wildman–Crippen LogP) is 0.884. The van der Waals surface area contributed by atoms with Crippen molar-refractivity contribution in [1.82, 2.24) is 4.90 Å². The molecule has 1 N–H and O–H groups in total. The number of rotatable bonds is 6. The Balaban J connectivity index is 3.35. The van der Waals surface area contributed by atoms with Gasteiger partial charge in [0, 0.05) is 7.05 Å². The van der Waals surface area contributed by atoms with Crippen LogP contribution < -0.4 is 0 Å². The van der Waals surface area contributed by atoms with Crippen molar-refractivity contribution in [2.45, 2.75) is 38.8 Å². The van der Waals surface area contributed by atoms with Gasteiger partial charge < -0.3 is 10.0 Å². The minimum atomic E-state index is -0.654. The van der Waals surface area contributed by atoms with E-state index < -0.39 is 6.23 Å². The van der Waals surface area contributed by atoms with E-state index in [1.165, 1.54) is 7.05 Å². The van der Waals surface area contributed by atoms with Crippen molar-refractivity contribution in [2.24, 2.45) is 0 Å². The molecule has 65 valence electrons. The van der Waals surface area contributed by atoms with Crippen molar-refractivity contribution in [3.8, 4) is 0 Å². The molecule has 0 heterocycles. The molecule has 1 radical (unpaired) electrons. The van der Waals surface area contributed by atoms with Crippen LogP contribution in [0.5, 0.6) is 0 Å². The molecule has 0 aromatic heterocycles. The number of amides is 1. The van der Waals surface area contributed by atoms with E-state index in [2.05, 4.69) is 6.92 Å². The molecule has 0 aliphatic heterocycles. The highest BCUT2D eigenvalue weighted by molar-refractivity contribution is 5.47. The maximum atomic E-state index is 10.0. The fraction of sp³-hybridized carbons (Fsp3) is 0.875. The summed E-state index contributed by atoms with van der Waals surface area (Å²) >= 11 is 0. The Kier molecular flexibility index (Phi) is 5.84. The first-order valence-electron chi connectivity index (χ1n) is 4.01. The van der Waals surface area contributed by atoms with Gasteiger partial charge in [-0.1, -0.05) is 19.8 Å². The Morgan fingerprint density at radius 3 is 2.64 bits per heavy atom. The molecule has 0 rings (SSSR count). The summed E-state index contributed by atoms with van der Waals surface area (Å²) in [7, 11) is 1.53. The van der Waals surface area contributed by atoms with E-state index in [1.54, 1.807) is 6.41 Å². The normalized spacial score (nSPS) is 12.6. The van der Waals surface area contributed by atoms with Crippen molar-refractivity contribution in [1.29, 1.82) is 0 Å². The van der Waals surface area contributed by atoms with Gasteiger partial charge in [-0.05, 0) is 12.8 Å². The van der Waals surface area contributed by atoms with Crippen LogP contribution >= 0.6 is 0 Å². The van der Waals surface area contributed by atoms with Gasteiger partial charge in [0.25, 0.3) is 0 Å². The summed E-state index contributed by atoms with van der Waals surface area (Å²) in [5.41, 5.74) is 0. The summed E-state index contributed by atoms with van der Waals surface area (Å²) in [6, 6.07) is 0. The van der Waals surface area contributed by atoms with E-state index in [1.807, 2.05) is 0 Å². The van der Waals surface area contributed by atoms with E-state index in [0.29, 0.717) is 6.42 Å². The second-order valence-corrected chi connectivity index (χ2v) is 2.68. The van der Waals surface area contributed by atoms with Gasteiger partial charge in [-0.2, -0.15) is 0 Å². The molecule has 0 fully saturated rings. The number of carbonyl (C=O) groups excluding carboxylic acids is 1. The van der Waals surface area contributed by atoms with E-state index in [0.717, 1.165) is 24.2 Å². The van der Waals surface area contributed by atoms with Gasteiger partial charge >= 0.3 is 6.41 Å². The first kappa shape index (κ1) is 10.4. The largest absolute Gasteiger partial charge is 0.374 e. The van der Waals surface area contributed by atoms with Crippen molar-refractivity contribution in [3.63, 3.8) is 0 Å². The van der Waals surface area contributed by atoms with E-state index >= 15 is 0 Å². The molecule has 3 nitrogen and oxygen atoms in total. The first-order chi connectivity index (χ1) is 5.22. The molecular formula is C8H16NO2. The lowest BCUT2D eigenvalue weighted by Crippen LogP contribution is -2.29. The lowest BCUT2D eigenvalue weighted by Gasteiger charge is -2.17. The molecule has 0 spiro atoms. The van der Waals surface area contributed by atoms with Gasteiger partial charge in [0.05, 0.1) is 0 Å². The van der Waals surface area contributed by atoms with Crippen molar-refractivity contribution in [3.05, 3.63) is 0 Å². The summed E-state index contributed by atoms with van der Waals surface area (Å²) in [4.78, 5) is 11.2. The molecule has 0 aliphatic carbocycles. The Morgan fingerprint density at radius 2 is 2.18 bits per heavy atom. The third kappa shape index (κ3) is 4.79. The van der Waals surface area contributed by atoms with Crippen LogP contribution in [-0.2, 0) is 4.79 Å². The monoisotopic (exact) mass is 158 g/mol. The summed E-state index contributed by atoms with van der Waals surface area (Å²) in [6.07, 6.45) is 4.81. The number of unbranched alkanes of at least 4 members (excludes halogenated alkanes) is 2. The minimum absolute atomic E-state index is 0.652. The van der Waals surface area contributed by atoms with Crippen molar-refractivity contribution >= 4 is 6.41 Å². The standard InChI is InChI=1S/C8H16NO2/c1-3-4-5-6-8(11)9(2)7-10/h8,11H,3-6H2,1-2H3. The van der Waals surface area contributed by atoms with E-state index in [4.69, 9.17) is 0 Å². The minimum Gasteiger partial charge on any atom is -0.374 e. The number of aliphatic hydroxyl groups is 1. The van der Waals surface area contributed by atoms with E-state index in [-0.39, 0.29) is 0 Å². The zero-order chi connectivity index (χ0) is 8.69. The third-order valence-corrected chi connectivity index (χ3v) is 1.66. The molecule has 0 aromatic carbocycles. The van der Waals surface area contributed by atoms with Crippen LogP contribution in [0.2, 0.25) is 0 Å². The Labute approximate surface area is 68.0 Å². The van der Waals surface area contributed by atoms with Crippen LogP contribution in [0.25, 0.3) is 0 Å². The number of nitrogens with zero attached hydrogens (tertiary/aromatic N) is 1.